The van der Waals surface area contributed by atoms with Gasteiger partial charge in [-0.1, -0.05) is 42.5 Å². The van der Waals surface area contributed by atoms with Gasteiger partial charge in [0.05, 0.1) is 6.04 Å². The number of carbonyl (C=O) groups excluding carboxylic acids is 2. The number of esters is 1. The summed E-state index contributed by atoms with van der Waals surface area (Å²) in [4.78, 5) is 23.5. The molecule has 0 aliphatic heterocycles. The Morgan fingerprint density at radius 1 is 1.04 bits per heavy atom. The molecule has 0 saturated carbocycles. The first kappa shape index (κ1) is 17.5. The van der Waals surface area contributed by atoms with Crippen LogP contribution in [0.4, 0.5) is 0 Å². The summed E-state index contributed by atoms with van der Waals surface area (Å²) in [5.41, 5.74) is 2.02. The fourth-order valence-electron chi connectivity index (χ4n) is 2.14. The third-order valence-electron chi connectivity index (χ3n) is 3.39. The van der Waals surface area contributed by atoms with E-state index in [1.807, 2.05) is 62.4 Å². The lowest BCUT2D eigenvalue weighted by Crippen LogP contribution is -2.31. The van der Waals surface area contributed by atoms with E-state index in [1.165, 1.54) is 0 Å². The lowest BCUT2D eigenvalue weighted by Gasteiger charge is -2.14. The van der Waals surface area contributed by atoms with Gasteiger partial charge in [-0.15, -0.1) is 0 Å². The first-order valence-corrected chi connectivity index (χ1v) is 7.74. The summed E-state index contributed by atoms with van der Waals surface area (Å²) >= 11 is 0. The molecule has 0 radical (unpaired) electrons. The molecule has 2 aromatic rings. The number of amides is 1. The van der Waals surface area contributed by atoms with E-state index in [0.29, 0.717) is 5.75 Å². The van der Waals surface area contributed by atoms with Crippen LogP contribution in [0.25, 0.3) is 0 Å². The summed E-state index contributed by atoms with van der Waals surface area (Å²) in [6.07, 6.45) is 0. The van der Waals surface area contributed by atoms with E-state index in [0.717, 1.165) is 11.1 Å². The average molecular weight is 327 g/mol. The van der Waals surface area contributed by atoms with Crippen molar-refractivity contribution in [3.05, 3.63) is 65.7 Å². The molecule has 0 aromatic heterocycles. The molecule has 2 rings (SSSR count). The number of hydrogen-bond donors (Lipinski definition) is 1. The van der Waals surface area contributed by atoms with Crippen LogP contribution in [-0.4, -0.2) is 25.1 Å². The summed E-state index contributed by atoms with van der Waals surface area (Å²) in [7, 11) is 0. The second-order valence-corrected chi connectivity index (χ2v) is 5.47. The number of aryl methyl sites for hydroxylation is 1. The van der Waals surface area contributed by atoms with Crippen molar-refractivity contribution in [2.75, 3.05) is 13.2 Å². The normalized spacial score (nSPS) is 11.4. The molecule has 1 N–H and O–H groups in total. The minimum atomic E-state index is -0.584. The van der Waals surface area contributed by atoms with E-state index in [9.17, 15) is 9.59 Å². The van der Waals surface area contributed by atoms with Gasteiger partial charge in [0.15, 0.2) is 13.2 Å². The van der Waals surface area contributed by atoms with Crippen molar-refractivity contribution in [2.45, 2.75) is 19.9 Å². The van der Waals surface area contributed by atoms with Crippen LogP contribution in [-0.2, 0) is 14.3 Å². The lowest BCUT2D eigenvalue weighted by molar-refractivity contribution is -0.150. The van der Waals surface area contributed by atoms with Gasteiger partial charge < -0.3 is 14.8 Å². The minimum absolute atomic E-state index is 0.152. The van der Waals surface area contributed by atoms with E-state index in [2.05, 4.69) is 5.32 Å². The molecule has 0 unspecified atom stereocenters. The molecule has 24 heavy (non-hydrogen) atoms. The Bertz CT molecular complexity index is 685. The number of benzene rings is 2. The summed E-state index contributed by atoms with van der Waals surface area (Å²) < 4.78 is 10.2. The van der Waals surface area contributed by atoms with Gasteiger partial charge in [0.2, 0.25) is 0 Å². The maximum Gasteiger partial charge on any atom is 0.344 e. The Morgan fingerprint density at radius 2 is 1.79 bits per heavy atom. The molecule has 5 nitrogen and oxygen atoms in total. The summed E-state index contributed by atoms with van der Waals surface area (Å²) in [5, 5.41) is 2.78. The second-order valence-electron chi connectivity index (χ2n) is 5.47. The highest BCUT2D eigenvalue weighted by molar-refractivity contribution is 5.81. The van der Waals surface area contributed by atoms with E-state index < -0.39 is 5.97 Å². The van der Waals surface area contributed by atoms with Crippen molar-refractivity contribution in [1.29, 1.82) is 0 Å². The maximum atomic E-state index is 11.8. The van der Waals surface area contributed by atoms with Crippen LogP contribution in [0.2, 0.25) is 0 Å². The Labute approximate surface area is 141 Å². The maximum absolute atomic E-state index is 11.8. The smallest absolute Gasteiger partial charge is 0.344 e. The quantitative estimate of drug-likeness (QED) is 0.794. The average Bonchev–Trinajstić information content (AvgIpc) is 2.59. The molecule has 1 amide bonds. The van der Waals surface area contributed by atoms with Gasteiger partial charge in [0, 0.05) is 0 Å². The van der Waals surface area contributed by atoms with E-state index in [-0.39, 0.29) is 25.2 Å². The third-order valence-corrected chi connectivity index (χ3v) is 3.39. The van der Waals surface area contributed by atoms with E-state index in [4.69, 9.17) is 9.47 Å². The fraction of sp³-hybridized carbons (Fsp3) is 0.263. The molecule has 0 saturated heterocycles. The Hall–Kier alpha value is -2.82. The number of carbonyl (C=O) groups is 2. The van der Waals surface area contributed by atoms with Crippen LogP contribution in [0.3, 0.4) is 0 Å². The van der Waals surface area contributed by atoms with Gasteiger partial charge in [-0.2, -0.15) is 0 Å². The fourth-order valence-corrected chi connectivity index (χ4v) is 2.14. The van der Waals surface area contributed by atoms with Gasteiger partial charge in [0.1, 0.15) is 5.75 Å². The van der Waals surface area contributed by atoms with Crippen molar-refractivity contribution >= 4 is 11.9 Å². The van der Waals surface area contributed by atoms with E-state index >= 15 is 0 Å². The van der Waals surface area contributed by atoms with Gasteiger partial charge in [-0.05, 0) is 37.1 Å². The molecular formula is C19H21NO4. The number of ether oxygens (including phenoxy) is 2. The molecule has 0 aliphatic rings. The van der Waals surface area contributed by atoms with Gasteiger partial charge in [-0.3, -0.25) is 4.79 Å². The van der Waals surface area contributed by atoms with Crippen LogP contribution >= 0.6 is 0 Å². The molecule has 1 atom stereocenters. The van der Waals surface area contributed by atoms with Gasteiger partial charge in [-0.25, -0.2) is 4.79 Å². The van der Waals surface area contributed by atoms with Crippen molar-refractivity contribution in [3.63, 3.8) is 0 Å². The Morgan fingerprint density at radius 3 is 2.50 bits per heavy atom. The molecule has 2 aromatic carbocycles. The molecule has 0 heterocycles. The zero-order valence-corrected chi connectivity index (χ0v) is 13.8. The largest absolute Gasteiger partial charge is 0.482 e. The van der Waals surface area contributed by atoms with Crippen molar-refractivity contribution < 1.29 is 19.1 Å². The first-order valence-electron chi connectivity index (χ1n) is 7.74. The van der Waals surface area contributed by atoms with Crippen LogP contribution in [0.15, 0.2) is 54.6 Å². The van der Waals surface area contributed by atoms with Gasteiger partial charge in [0.25, 0.3) is 5.91 Å². The topological polar surface area (TPSA) is 64.6 Å². The van der Waals surface area contributed by atoms with Crippen molar-refractivity contribution in [2.24, 2.45) is 0 Å². The molecular weight excluding hydrogens is 306 g/mol. The molecule has 0 bridgehead atoms. The second kappa shape index (κ2) is 8.72. The molecule has 126 valence electrons. The number of nitrogens with one attached hydrogen (secondary N) is 1. The van der Waals surface area contributed by atoms with Crippen LogP contribution in [0.1, 0.15) is 24.1 Å². The summed E-state index contributed by atoms with van der Waals surface area (Å²) in [6.45, 7) is 3.25. The highest BCUT2D eigenvalue weighted by atomic mass is 16.6. The minimum Gasteiger partial charge on any atom is -0.482 e. The van der Waals surface area contributed by atoms with Crippen molar-refractivity contribution in [1.82, 2.24) is 5.32 Å². The zero-order chi connectivity index (χ0) is 17.4. The Kier molecular flexibility index (Phi) is 6.37. The summed E-state index contributed by atoms with van der Waals surface area (Å²) in [5.74, 6) is -0.344. The SMILES string of the molecule is Cc1cccc(OCC(=O)OCC(=O)N[C@H](C)c2ccccc2)c1. The molecule has 0 fully saturated rings. The van der Waals surface area contributed by atoms with Crippen molar-refractivity contribution in [3.8, 4) is 5.75 Å². The van der Waals surface area contributed by atoms with Gasteiger partial charge >= 0.3 is 5.97 Å². The molecule has 0 aliphatic carbocycles. The standard InChI is InChI=1S/C19H21NO4/c1-14-7-6-10-17(11-14)23-13-19(22)24-12-18(21)20-15(2)16-8-4-3-5-9-16/h3-11,15H,12-13H2,1-2H3,(H,20,21)/t15-/m1/s1. The monoisotopic (exact) mass is 327 g/mol. The Balaban J connectivity index is 1.70. The molecule has 5 heteroatoms. The summed E-state index contributed by atoms with van der Waals surface area (Å²) in [6, 6.07) is 16.8. The van der Waals surface area contributed by atoms with Crippen LogP contribution < -0.4 is 10.1 Å². The highest BCUT2D eigenvalue weighted by Gasteiger charge is 2.12. The first-order chi connectivity index (χ1) is 11.5. The van der Waals surface area contributed by atoms with E-state index in [1.54, 1.807) is 6.07 Å². The predicted octanol–water partition coefficient (Wildman–Crippen LogP) is 2.79. The molecule has 0 spiro atoms. The number of rotatable bonds is 7. The number of hydrogen-bond acceptors (Lipinski definition) is 4. The van der Waals surface area contributed by atoms with Crippen LogP contribution in [0.5, 0.6) is 5.75 Å². The third kappa shape index (κ3) is 5.76. The van der Waals surface area contributed by atoms with Crippen LogP contribution in [0, 0.1) is 6.92 Å². The predicted molar refractivity (Wildman–Crippen MR) is 90.6 cm³/mol. The highest BCUT2D eigenvalue weighted by Crippen LogP contribution is 2.12. The lowest BCUT2D eigenvalue weighted by atomic mass is 10.1. The zero-order valence-electron chi connectivity index (χ0n) is 13.8.